The number of benzene rings is 2. The molecule has 2 aromatic carbocycles. The number of hydrogen-bond donors (Lipinski definition) is 1. The Morgan fingerprint density at radius 3 is 2.43 bits per heavy atom. The van der Waals surface area contributed by atoms with Gasteiger partial charge in [0.25, 0.3) is 0 Å². The number of hydrogen-bond acceptors (Lipinski definition) is 3. The Kier molecular flexibility index (Phi) is 3.59. The van der Waals surface area contributed by atoms with Gasteiger partial charge in [-0.25, -0.2) is 0 Å². The number of rotatable bonds is 3. The molecule has 0 aliphatic heterocycles. The van der Waals surface area contributed by atoms with E-state index in [2.05, 4.69) is 0 Å². The highest BCUT2D eigenvalue weighted by atomic mass is 16.3. The number of fused-ring (bicyclic) bond motifs is 1. The zero-order chi connectivity index (χ0) is 14.8. The largest absolute Gasteiger partial charge is 0.460 e. The molecule has 0 amide bonds. The third-order valence-corrected chi connectivity index (χ3v) is 3.41. The first-order chi connectivity index (χ1) is 10.2. The van der Waals surface area contributed by atoms with Gasteiger partial charge in [0.05, 0.1) is 17.1 Å². The van der Waals surface area contributed by atoms with E-state index < -0.39 is 6.10 Å². The zero-order valence-electron chi connectivity index (χ0n) is 11.7. The van der Waals surface area contributed by atoms with Crippen molar-refractivity contribution in [3.8, 4) is 11.1 Å². The minimum atomic E-state index is -0.572. The minimum Gasteiger partial charge on any atom is -0.460 e. The lowest BCUT2D eigenvalue weighted by Crippen LogP contribution is -2.13. The average molecular weight is 280 g/mol. The molecule has 1 heterocycles. The van der Waals surface area contributed by atoms with Gasteiger partial charge in [-0.1, -0.05) is 42.5 Å². The molecular formula is C18H16O3. The molecule has 3 rings (SSSR count). The molecule has 3 heteroatoms. The third kappa shape index (κ3) is 2.60. The minimum absolute atomic E-state index is 0.0568. The molecule has 1 aromatic heterocycles. The van der Waals surface area contributed by atoms with Crippen molar-refractivity contribution < 1.29 is 9.52 Å². The summed E-state index contributed by atoms with van der Waals surface area (Å²) in [6.45, 7) is 1.68. The number of para-hydroxylation sites is 1. The second-order valence-electron chi connectivity index (χ2n) is 5.14. The highest BCUT2D eigenvalue weighted by Gasteiger charge is 2.17. The fraction of sp³-hybridized carbons (Fsp3) is 0.167. The van der Waals surface area contributed by atoms with Crippen LogP contribution in [0.5, 0.6) is 0 Å². The van der Waals surface area contributed by atoms with E-state index in [-0.39, 0.29) is 5.43 Å². The Balaban J connectivity index is 2.34. The van der Waals surface area contributed by atoms with Crippen molar-refractivity contribution in [1.29, 1.82) is 0 Å². The van der Waals surface area contributed by atoms with Crippen LogP contribution in [-0.2, 0) is 6.42 Å². The van der Waals surface area contributed by atoms with Crippen molar-refractivity contribution in [2.24, 2.45) is 0 Å². The Morgan fingerprint density at radius 2 is 1.71 bits per heavy atom. The lowest BCUT2D eigenvalue weighted by molar-refractivity contribution is 0.188. The Morgan fingerprint density at radius 1 is 1.05 bits per heavy atom. The van der Waals surface area contributed by atoms with Gasteiger partial charge in [0, 0.05) is 6.42 Å². The molecule has 3 aromatic rings. The molecule has 1 N–H and O–H groups in total. The summed E-state index contributed by atoms with van der Waals surface area (Å²) in [5.41, 5.74) is 1.85. The van der Waals surface area contributed by atoms with Crippen LogP contribution in [0.4, 0.5) is 0 Å². The monoisotopic (exact) mass is 280 g/mol. The van der Waals surface area contributed by atoms with Crippen LogP contribution in [0.3, 0.4) is 0 Å². The van der Waals surface area contributed by atoms with Crippen molar-refractivity contribution in [3.05, 3.63) is 70.6 Å². The van der Waals surface area contributed by atoms with E-state index in [1.165, 1.54) is 0 Å². The first-order valence-corrected chi connectivity index (χ1v) is 6.95. The van der Waals surface area contributed by atoms with E-state index in [9.17, 15) is 9.90 Å². The van der Waals surface area contributed by atoms with Gasteiger partial charge in [-0.15, -0.1) is 0 Å². The Hall–Kier alpha value is -2.39. The lowest BCUT2D eigenvalue weighted by Gasteiger charge is -2.11. The smallest absolute Gasteiger partial charge is 0.200 e. The Bertz CT molecular complexity index is 817. The summed E-state index contributed by atoms with van der Waals surface area (Å²) in [5.74, 6) is 0.528. The summed E-state index contributed by atoms with van der Waals surface area (Å²) in [4.78, 5) is 12.8. The second kappa shape index (κ2) is 5.54. The fourth-order valence-corrected chi connectivity index (χ4v) is 2.50. The third-order valence-electron chi connectivity index (χ3n) is 3.41. The Labute approximate surface area is 122 Å². The first kappa shape index (κ1) is 13.6. The number of aliphatic hydroxyl groups excluding tert-OH is 1. The number of aliphatic hydroxyl groups is 1. The van der Waals surface area contributed by atoms with Crippen LogP contribution in [-0.4, -0.2) is 11.2 Å². The van der Waals surface area contributed by atoms with Crippen LogP contribution in [0, 0.1) is 0 Å². The highest BCUT2D eigenvalue weighted by molar-refractivity contribution is 5.82. The topological polar surface area (TPSA) is 50.4 Å². The lowest BCUT2D eigenvalue weighted by atomic mass is 9.99. The predicted octanol–water partition coefficient (Wildman–Crippen LogP) is 3.38. The van der Waals surface area contributed by atoms with E-state index in [0.717, 1.165) is 5.56 Å². The molecule has 106 valence electrons. The van der Waals surface area contributed by atoms with E-state index in [1.807, 2.05) is 42.5 Å². The summed E-state index contributed by atoms with van der Waals surface area (Å²) in [5, 5.41) is 10.2. The molecule has 0 bridgehead atoms. The summed E-state index contributed by atoms with van der Waals surface area (Å²) in [6, 6.07) is 16.6. The van der Waals surface area contributed by atoms with Gasteiger partial charge in [0.1, 0.15) is 11.3 Å². The van der Waals surface area contributed by atoms with E-state index in [1.54, 1.807) is 19.1 Å². The van der Waals surface area contributed by atoms with Crippen LogP contribution < -0.4 is 5.43 Å². The molecule has 0 fully saturated rings. The van der Waals surface area contributed by atoms with Crippen LogP contribution >= 0.6 is 0 Å². The molecule has 0 aliphatic rings. The zero-order valence-corrected chi connectivity index (χ0v) is 11.7. The van der Waals surface area contributed by atoms with Gasteiger partial charge in [-0.05, 0) is 24.6 Å². The van der Waals surface area contributed by atoms with Crippen molar-refractivity contribution in [2.45, 2.75) is 19.4 Å². The quantitative estimate of drug-likeness (QED) is 0.800. The van der Waals surface area contributed by atoms with Gasteiger partial charge in [-0.2, -0.15) is 0 Å². The van der Waals surface area contributed by atoms with Gasteiger partial charge in [0.15, 0.2) is 0 Å². The maximum absolute atomic E-state index is 12.8. The molecule has 21 heavy (non-hydrogen) atoms. The SMILES string of the molecule is CC(O)Cc1oc2ccccc2c(=O)c1-c1ccccc1. The molecule has 0 spiro atoms. The van der Waals surface area contributed by atoms with Crippen LogP contribution in [0.2, 0.25) is 0 Å². The molecule has 0 saturated heterocycles. The van der Waals surface area contributed by atoms with Gasteiger partial charge in [0.2, 0.25) is 5.43 Å². The van der Waals surface area contributed by atoms with Gasteiger partial charge >= 0.3 is 0 Å². The van der Waals surface area contributed by atoms with Crippen molar-refractivity contribution in [3.63, 3.8) is 0 Å². The summed E-state index contributed by atoms with van der Waals surface area (Å²) in [7, 11) is 0. The summed E-state index contributed by atoms with van der Waals surface area (Å²) in [6.07, 6.45) is -0.263. The molecule has 3 nitrogen and oxygen atoms in total. The van der Waals surface area contributed by atoms with Gasteiger partial charge in [-0.3, -0.25) is 4.79 Å². The second-order valence-corrected chi connectivity index (χ2v) is 5.14. The molecule has 0 radical (unpaired) electrons. The molecule has 0 aliphatic carbocycles. The molecule has 1 unspecified atom stereocenters. The molecule has 1 atom stereocenters. The normalized spacial score (nSPS) is 12.5. The van der Waals surface area contributed by atoms with Gasteiger partial charge < -0.3 is 9.52 Å². The van der Waals surface area contributed by atoms with Crippen molar-refractivity contribution >= 4 is 11.0 Å². The molecule has 0 saturated carbocycles. The van der Waals surface area contributed by atoms with Crippen LogP contribution in [0.1, 0.15) is 12.7 Å². The van der Waals surface area contributed by atoms with Crippen LogP contribution in [0.25, 0.3) is 22.1 Å². The summed E-state index contributed by atoms with van der Waals surface area (Å²) < 4.78 is 5.88. The van der Waals surface area contributed by atoms with E-state index >= 15 is 0 Å². The van der Waals surface area contributed by atoms with E-state index in [4.69, 9.17) is 4.42 Å². The van der Waals surface area contributed by atoms with Crippen LogP contribution in [0.15, 0.2) is 63.8 Å². The maximum Gasteiger partial charge on any atom is 0.200 e. The standard InChI is InChI=1S/C18H16O3/c1-12(19)11-16-17(13-7-3-2-4-8-13)18(20)14-9-5-6-10-15(14)21-16/h2-10,12,19H,11H2,1H3. The maximum atomic E-state index is 12.8. The average Bonchev–Trinajstić information content (AvgIpc) is 2.48. The van der Waals surface area contributed by atoms with Crippen molar-refractivity contribution in [1.82, 2.24) is 0 Å². The first-order valence-electron chi connectivity index (χ1n) is 6.95. The summed E-state index contributed by atoms with van der Waals surface area (Å²) >= 11 is 0. The highest BCUT2D eigenvalue weighted by Crippen LogP contribution is 2.25. The predicted molar refractivity (Wildman–Crippen MR) is 83.3 cm³/mol. The molecular weight excluding hydrogens is 264 g/mol. The van der Waals surface area contributed by atoms with E-state index in [0.29, 0.717) is 28.7 Å². The van der Waals surface area contributed by atoms with Crippen molar-refractivity contribution in [2.75, 3.05) is 0 Å². The fourth-order valence-electron chi connectivity index (χ4n) is 2.50.